The van der Waals surface area contributed by atoms with Gasteiger partial charge < -0.3 is 10.4 Å². The summed E-state index contributed by atoms with van der Waals surface area (Å²) in [5.41, 5.74) is 0.987. The molecule has 0 bridgehead atoms. The van der Waals surface area contributed by atoms with Gasteiger partial charge in [-0.25, -0.2) is 0 Å². The minimum absolute atomic E-state index is 0.0881. The summed E-state index contributed by atoms with van der Waals surface area (Å²) in [5, 5.41) is 14.4. The number of nitrogens with one attached hydrogen (secondary N) is 1. The smallest absolute Gasteiger partial charge is 0.261 e. The molecule has 1 aromatic heterocycles. The van der Waals surface area contributed by atoms with Gasteiger partial charge in [0, 0.05) is 6.54 Å². The van der Waals surface area contributed by atoms with Gasteiger partial charge in [0.1, 0.15) is 0 Å². The van der Waals surface area contributed by atoms with E-state index in [1.54, 1.807) is 0 Å². The molecule has 0 aliphatic heterocycles. The highest BCUT2D eigenvalue weighted by Crippen LogP contribution is 2.15. The Hall–Kier alpha value is -0.870. The van der Waals surface area contributed by atoms with Gasteiger partial charge in [-0.1, -0.05) is 20.3 Å². The molecule has 16 heavy (non-hydrogen) atoms. The Morgan fingerprint density at radius 3 is 2.81 bits per heavy atom. The van der Waals surface area contributed by atoms with Crippen LogP contribution >= 0.6 is 11.3 Å². The molecule has 1 rings (SSSR count). The zero-order valence-corrected chi connectivity index (χ0v) is 10.8. The Morgan fingerprint density at radius 1 is 1.62 bits per heavy atom. The quantitative estimate of drug-likeness (QED) is 0.830. The van der Waals surface area contributed by atoms with Gasteiger partial charge in [-0.3, -0.25) is 4.79 Å². The molecule has 2 unspecified atom stereocenters. The van der Waals surface area contributed by atoms with Gasteiger partial charge in [0.05, 0.1) is 11.0 Å². The average molecular weight is 241 g/mol. The first-order valence-electron chi connectivity index (χ1n) is 5.56. The molecule has 1 heterocycles. The molecule has 1 amide bonds. The van der Waals surface area contributed by atoms with E-state index in [4.69, 9.17) is 0 Å². The molecular weight excluding hydrogens is 222 g/mol. The lowest BCUT2D eigenvalue weighted by atomic mass is 10.0. The van der Waals surface area contributed by atoms with Crippen LogP contribution in [0, 0.1) is 12.8 Å². The van der Waals surface area contributed by atoms with Crippen molar-refractivity contribution in [1.82, 2.24) is 5.32 Å². The summed E-state index contributed by atoms with van der Waals surface area (Å²) in [7, 11) is 0. The molecule has 0 aliphatic carbocycles. The first-order chi connectivity index (χ1) is 7.56. The summed E-state index contributed by atoms with van der Waals surface area (Å²) in [6.45, 7) is 6.24. The van der Waals surface area contributed by atoms with Gasteiger partial charge in [-0.15, -0.1) is 11.3 Å². The third-order valence-electron chi connectivity index (χ3n) is 2.84. The Morgan fingerprint density at radius 2 is 2.31 bits per heavy atom. The lowest BCUT2D eigenvalue weighted by molar-refractivity contribution is 0.0853. The van der Waals surface area contributed by atoms with Crippen molar-refractivity contribution >= 4 is 17.2 Å². The number of thiophene rings is 1. The Bertz CT molecular complexity index is 349. The number of amides is 1. The highest BCUT2D eigenvalue weighted by Gasteiger charge is 2.15. The standard InChI is InChI=1S/C12H19NO2S/c1-4-8(2)10(14)7-13-12(15)11-9(3)5-6-16-11/h5-6,8,10,14H,4,7H2,1-3H3,(H,13,15). The van der Waals surface area contributed by atoms with Gasteiger partial charge in [-0.05, 0) is 29.9 Å². The van der Waals surface area contributed by atoms with E-state index in [1.807, 2.05) is 32.2 Å². The highest BCUT2D eigenvalue weighted by atomic mass is 32.1. The molecule has 0 spiro atoms. The van der Waals surface area contributed by atoms with E-state index < -0.39 is 6.10 Å². The van der Waals surface area contributed by atoms with E-state index >= 15 is 0 Å². The van der Waals surface area contributed by atoms with Crippen LogP contribution in [0.4, 0.5) is 0 Å². The van der Waals surface area contributed by atoms with E-state index in [0.29, 0.717) is 6.54 Å². The molecular formula is C12H19NO2S. The monoisotopic (exact) mass is 241 g/mol. The van der Waals surface area contributed by atoms with Crippen molar-refractivity contribution < 1.29 is 9.90 Å². The number of rotatable bonds is 5. The fourth-order valence-electron chi connectivity index (χ4n) is 1.36. The minimum Gasteiger partial charge on any atom is -0.391 e. The Labute approximate surface area is 100 Å². The lowest BCUT2D eigenvalue weighted by Gasteiger charge is -2.17. The molecule has 0 aromatic carbocycles. The molecule has 1 aromatic rings. The molecule has 2 atom stereocenters. The van der Waals surface area contributed by atoms with Gasteiger partial charge in [0.15, 0.2) is 0 Å². The summed E-state index contributed by atoms with van der Waals surface area (Å²) < 4.78 is 0. The van der Waals surface area contributed by atoms with Crippen LogP contribution in [0.2, 0.25) is 0 Å². The summed E-state index contributed by atoms with van der Waals surface area (Å²) in [4.78, 5) is 12.5. The van der Waals surface area contributed by atoms with E-state index in [-0.39, 0.29) is 11.8 Å². The number of hydrogen-bond acceptors (Lipinski definition) is 3. The molecule has 0 saturated heterocycles. The molecule has 4 heteroatoms. The van der Waals surface area contributed by atoms with E-state index in [2.05, 4.69) is 5.32 Å². The molecule has 2 N–H and O–H groups in total. The van der Waals surface area contributed by atoms with Crippen molar-refractivity contribution in [2.24, 2.45) is 5.92 Å². The van der Waals surface area contributed by atoms with Crippen molar-refractivity contribution in [3.8, 4) is 0 Å². The first-order valence-corrected chi connectivity index (χ1v) is 6.44. The second kappa shape index (κ2) is 6.01. The number of aryl methyl sites for hydroxylation is 1. The molecule has 0 fully saturated rings. The Kier molecular flexibility index (Phi) is 4.96. The first kappa shape index (κ1) is 13.2. The number of hydrogen-bond donors (Lipinski definition) is 2. The number of carbonyl (C=O) groups is 1. The normalized spacial score (nSPS) is 14.5. The summed E-state index contributed by atoms with van der Waals surface area (Å²) >= 11 is 1.43. The Balaban J connectivity index is 2.45. The third-order valence-corrected chi connectivity index (χ3v) is 3.86. The largest absolute Gasteiger partial charge is 0.391 e. The van der Waals surface area contributed by atoms with Crippen LogP contribution in [0.15, 0.2) is 11.4 Å². The summed E-state index contributed by atoms with van der Waals surface area (Å²) in [6.07, 6.45) is 0.448. The van der Waals surface area contributed by atoms with Crippen LogP contribution in [0.25, 0.3) is 0 Å². The molecule has 0 aliphatic rings. The van der Waals surface area contributed by atoms with Gasteiger partial charge in [0.25, 0.3) is 5.91 Å². The zero-order chi connectivity index (χ0) is 12.1. The molecule has 3 nitrogen and oxygen atoms in total. The van der Waals surface area contributed by atoms with Crippen LogP contribution in [-0.4, -0.2) is 23.7 Å². The molecule has 0 saturated carbocycles. The third kappa shape index (κ3) is 3.32. The number of aliphatic hydroxyl groups is 1. The van der Waals surface area contributed by atoms with Gasteiger partial charge >= 0.3 is 0 Å². The van der Waals surface area contributed by atoms with Crippen molar-refractivity contribution in [1.29, 1.82) is 0 Å². The van der Waals surface area contributed by atoms with Crippen LogP contribution in [-0.2, 0) is 0 Å². The predicted molar refractivity (Wildman–Crippen MR) is 66.9 cm³/mol. The van der Waals surface area contributed by atoms with Crippen molar-refractivity contribution in [2.45, 2.75) is 33.3 Å². The maximum absolute atomic E-state index is 11.7. The van der Waals surface area contributed by atoms with Gasteiger partial charge in [0.2, 0.25) is 0 Å². The molecule has 90 valence electrons. The second-order valence-electron chi connectivity index (χ2n) is 4.10. The zero-order valence-electron chi connectivity index (χ0n) is 9.99. The second-order valence-corrected chi connectivity index (χ2v) is 5.01. The van der Waals surface area contributed by atoms with Crippen LogP contribution in [0.1, 0.15) is 35.5 Å². The van der Waals surface area contributed by atoms with E-state index in [9.17, 15) is 9.90 Å². The van der Waals surface area contributed by atoms with Crippen LogP contribution < -0.4 is 5.32 Å². The summed E-state index contributed by atoms with van der Waals surface area (Å²) in [5.74, 6) is 0.125. The predicted octanol–water partition coefficient (Wildman–Crippen LogP) is 2.19. The van der Waals surface area contributed by atoms with E-state index in [0.717, 1.165) is 16.9 Å². The summed E-state index contributed by atoms with van der Waals surface area (Å²) in [6, 6.07) is 1.92. The van der Waals surface area contributed by atoms with Crippen molar-refractivity contribution in [3.05, 3.63) is 21.9 Å². The van der Waals surface area contributed by atoms with Crippen LogP contribution in [0.5, 0.6) is 0 Å². The maximum atomic E-state index is 11.7. The molecule has 0 radical (unpaired) electrons. The van der Waals surface area contributed by atoms with Crippen molar-refractivity contribution in [3.63, 3.8) is 0 Å². The SMILES string of the molecule is CCC(C)C(O)CNC(=O)c1sccc1C. The highest BCUT2D eigenvalue weighted by molar-refractivity contribution is 7.12. The minimum atomic E-state index is -0.464. The maximum Gasteiger partial charge on any atom is 0.261 e. The lowest BCUT2D eigenvalue weighted by Crippen LogP contribution is -2.35. The fourth-order valence-corrected chi connectivity index (χ4v) is 2.20. The van der Waals surface area contributed by atoms with E-state index in [1.165, 1.54) is 11.3 Å². The topological polar surface area (TPSA) is 49.3 Å². The van der Waals surface area contributed by atoms with Crippen LogP contribution in [0.3, 0.4) is 0 Å². The number of carbonyl (C=O) groups excluding carboxylic acids is 1. The average Bonchev–Trinajstić information content (AvgIpc) is 2.70. The van der Waals surface area contributed by atoms with Crippen molar-refractivity contribution in [2.75, 3.05) is 6.54 Å². The number of aliphatic hydroxyl groups excluding tert-OH is 1. The van der Waals surface area contributed by atoms with Gasteiger partial charge in [-0.2, -0.15) is 0 Å². The fraction of sp³-hybridized carbons (Fsp3) is 0.583.